The molecule has 0 radical (unpaired) electrons. The monoisotopic (exact) mass is 702 g/mol. The maximum absolute atomic E-state index is 12.9. The van der Waals surface area contributed by atoms with Crippen LogP contribution in [-0.4, -0.2) is 110 Å². The molecule has 48 heavy (non-hydrogen) atoms. The largest absolute Gasteiger partial charge is 0.463 e. The minimum atomic E-state index is -0.755. The number of rotatable bonds is 16. The maximum Gasteiger partial charge on any atom is 0.328 e. The molecule has 1 fully saturated rings. The van der Waals surface area contributed by atoms with E-state index in [1.54, 1.807) is 13.2 Å². The molecule has 0 saturated carbocycles. The lowest BCUT2D eigenvalue weighted by Crippen LogP contribution is -2.49. The van der Waals surface area contributed by atoms with E-state index in [-0.39, 0.29) is 30.9 Å². The Balaban J connectivity index is 1.24. The van der Waals surface area contributed by atoms with Gasteiger partial charge in [0.2, 0.25) is 5.91 Å². The van der Waals surface area contributed by atoms with E-state index in [1.165, 1.54) is 17.5 Å². The Kier molecular flexibility index (Phi) is 13.9. The van der Waals surface area contributed by atoms with Gasteiger partial charge in [-0.25, -0.2) is 19.7 Å². The second-order valence-electron chi connectivity index (χ2n) is 11.5. The van der Waals surface area contributed by atoms with Crippen molar-refractivity contribution in [3.8, 4) is 0 Å². The van der Waals surface area contributed by atoms with Crippen LogP contribution in [0.2, 0.25) is 5.02 Å². The van der Waals surface area contributed by atoms with Crippen LogP contribution >= 0.6 is 22.9 Å². The average Bonchev–Trinajstić information content (AvgIpc) is 3.52. The molecule has 1 atom stereocenters. The van der Waals surface area contributed by atoms with Crippen LogP contribution in [0.25, 0.3) is 0 Å². The summed E-state index contributed by atoms with van der Waals surface area (Å²) in [6, 6.07) is 6.55. The van der Waals surface area contributed by atoms with Crippen LogP contribution < -0.4 is 20.9 Å². The summed E-state index contributed by atoms with van der Waals surface area (Å²) in [5.41, 5.74) is 1.44. The van der Waals surface area contributed by atoms with E-state index in [2.05, 4.69) is 40.7 Å². The summed E-state index contributed by atoms with van der Waals surface area (Å²) in [6.45, 7) is 11.7. The normalized spacial score (nSPS) is 14.1. The molecule has 1 aromatic carbocycles. The molecular weight excluding hydrogens is 660 g/mol. The number of para-hydroxylation sites is 1. The number of aryl methyl sites for hydroxylation is 2. The highest BCUT2D eigenvalue weighted by Gasteiger charge is 2.26. The molecular formula is C32H43ClN8O6S. The summed E-state index contributed by atoms with van der Waals surface area (Å²) in [5.74, 6) is 0.676. The summed E-state index contributed by atoms with van der Waals surface area (Å²) >= 11 is 7.48. The number of anilines is 4. The van der Waals surface area contributed by atoms with Gasteiger partial charge in [0.1, 0.15) is 41.6 Å². The molecule has 1 saturated heterocycles. The van der Waals surface area contributed by atoms with Gasteiger partial charge in [0.15, 0.2) is 5.13 Å². The van der Waals surface area contributed by atoms with Crippen LogP contribution in [0.4, 0.5) is 22.5 Å². The Morgan fingerprint density at radius 3 is 2.54 bits per heavy atom. The topological polar surface area (TPSA) is 160 Å². The molecule has 0 aliphatic carbocycles. The van der Waals surface area contributed by atoms with Crippen LogP contribution in [0.5, 0.6) is 0 Å². The predicted octanol–water partition coefficient (Wildman–Crippen LogP) is 3.67. The fourth-order valence-electron chi connectivity index (χ4n) is 4.88. The Morgan fingerprint density at radius 1 is 1.06 bits per heavy atom. The molecule has 2 amide bonds. The molecule has 260 valence electrons. The van der Waals surface area contributed by atoms with Crippen LogP contribution in [-0.2, 0) is 23.8 Å². The van der Waals surface area contributed by atoms with Gasteiger partial charge in [0.25, 0.3) is 5.91 Å². The van der Waals surface area contributed by atoms with E-state index in [9.17, 15) is 14.4 Å². The van der Waals surface area contributed by atoms with E-state index < -0.39 is 12.0 Å². The van der Waals surface area contributed by atoms with Gasteiger partial charge in [-0.3, -0.25) is 14.5 Å². The first-order chi connectivity index (χ1) is 23.0. The third-order valence-corrected chi connectivity index (χ3v) is 8.73. The quantitative estimate of drug-likeness (QED) is 0.147. The number of amides is 2. The van der Waals surface area contributed by atoms with Crippen LogP contribution in [0.3, 0.4) is 0 Å². The Labute approximate surface area is 289 Å². The van der Waals surface area contributed by atoms with Crippen LogP contribution in [0, 0.1) is 19.8 Å². The molecule has 1 aliphatic heterocycles. The molecule has 14 nitrogen and oxygen atoms in total. The number of hydrogen-bond donors (Lipinski definition) is 3. The average molecular weight is 703 g/mol. The molecule has 0 spiro atoms. The number of benzene rings is 1. The molecule has 2 aromatic heterocycles. The van der Waals surface area contributed by atoms with E-state index in [1.807, 2.05) is 45.9 Å². The summed E-state index contributed by atoms with van der Waals surface area (Å²) < 4.78 is 15.7. The van der Waals surface area contributed by atoms with E-state index in [0.29, 0.717) is 52.1 Å². The second-order valence-corrected chi connectivity index (χ2v) is 13.0. The summed E-state index contributed by atoms with van der Waals surface area (Å²) in [4.78, 5) is 56.1. The summed E-state index contributed by atoms with van der Waals surface area (Å²) in [5, 5.41) is 9.77. The second kappa shape index (κ2) is 18.0. The number of nitrogens with zero attached hydrogens (tertiary/aromatic N) is 5. The SMILES string of the molecule is COCCOCC(=O)N[C@H](C(=O)OCCN1CCN(c2cc(Nc3ncc(C(=O)Nc4c(C)cccc4Cl)s3)nc(C)n2)CC1)C(C)C. The first kappa shape index (κ1) is 36.9. The zero-order chi connectivity index (χ0) is 34.6. The lowest BCUT2D eigenvalue weighted by Gasteiger charge is -2.35. The van der Waals surface area contributed by atoms with Crippen molar-refractivity contribution >= 4 is 63.2 Å². The van der Waals surface area contributed by atoms with Gasteiger partial charge in [-0.05, 0) is 31.4 Å². The van der Waals surface area contributed by atoms with Crippen LogP contribution in [0.15, 0.2) is 30.5 Å². The first-order valence-corrected chi connectivity index (χ1v) is 16.9. The first-order valence-electron chi connectivity index (χ1n) is 15.7. The molecule has 0 bridgehead atoms. The van der Waals surface area contributed by atoms with Gasteiger partial charge < -0.3 is 35.1 Å². The van der Waals surface area contributed by atoms with Crippen molar-refractivity contribution in [3.63, 3.8) is 0 Å². The summed E-state index contributed by atoms with van der Waals surface area (Å²) in [6.07, 6.45) is 1.51. The maximum atomic E-state index is 12.9. The number of methoxy groups -OCH3 is 1. The molecule has 3 aromatic rings. The lowest BCUT2D eigenvalue weighted by molar-refractivity contribution is -0.150. The number of esters is 1. The van der Waals surface area contributed by atoms with Crippen molar-refractivity contribution in [1.82, 2.24) is 25.2 Å². The fraction of sp³-hybridized carbons (Fsp3) is 0.500. The Hall–Kier alpha value is -3.89. The number of halogens is 1. The van der Waals surface area contributed by atoms with Crippen LogP contribution in [0.1, 0.15) is 34.9 Å². The van der Waals surface area contributed by atoms with Gasteiger partial charge in [-0.2, -0.15) is 0 Å². The molecule has 4 rings (SSSR count). The Morgan fingerprint density at radius 2 is 1.83 bits per heavy atom. The standard InChI is InChI=1S/C32H43ClN8O6S/c1-20(2)28(38-27(42)19-46-16-15-45-5)31(44)47-14-13-40-9-11-41(12-10-40)26-17-25(35-22(4)36-26)37-32-34-18-24(48-32)30(43)39-29-21(3)7-6-8-23(29)33/h6-8,17-18,20,28H,9-16,19H2,1-5H3,(H,38,42)(H,39,43)(H,34,35,36,37)/t28-/m0/s1. The molecule has 0 unspecified atom stereocenters. The number of carbonyl (C=O) groups excluding carboxylic acids is 3. The fourth-order valence-corrected chi connectivity index (χ4v) is 5.86. The van der Waals surface area contributed by atoms with Gasteiger partial charge in [-0.1, -0.05) is 48.9 Å². The zero-order valence-corrected chi connectivity index (χ0v) is 29.4. The van der Waals surface area contributed by atoms with E-state index in [4.69, 9.17) is 25.8 Å². The number of hydrogen-bond acceptors (Lipinski definition) is 13. The van der Waals surface area contributed by atoms with Crippen molar-refractivity contribution in [2.75, 3.05) is 81.8 Å². The number of piperazine rings is 1. The minimum absolute atomic E-state index is 0.139. The van der Waals surface area contributed by atoms with Crippen molar-refractivity contribution in [2.45, 2.75) is 33.7 Å². The zero-order valence-electron chi connectivity index (χ0n) is 27.9. The number of aromatic nitrogens is 3. The number of ether oxygens (including phenoxy) is 3. The van der Waals surface area contributed by atoms with Gasteiger partial charge in [0.05, 0.1) is 30.1 Å². The van der Waals surface area contributed by atoms with Gasteiger partial charge >= 0.3 is 5.97 Å². The van der Waals surface area contributed by atoms with Crippen molar-refractivity contribution in [3.05, 3.63) is 51.7 Å². The highest BCUT2D eigenvalue weighted by atomic mass is 35.5. The third-order valence-electron chi connectivity index (χ3n) is 7.50. The number of nitrogens with one attached hydrogen (secondary N) is 3. The lowest BCUT2D eigenvalue weighted by atomic mass is 10.0. The predicted molar refractivity (Wildman–Crippen MR) is 185 cm³/mol. The van der Waals surface area contributed by atoms with Gasteiger partial charge in [-0.15, -0.1) is 0 Å². The Bertz CT molecular complexity index is 1530. The van der Waals surface area contributed by atoms with Crippen molar-refractivity contribution in [1.29, 1.82) is 0 Å². The molecule has 3 heterocycles. The molecule has 16 heteroatoms. The smallest absolute Gasteiger partial charge is 0.328 e. The van der Waals surface area contributed by atoms with Crippen molar-refractivity contribution in [2.24, 2.45) is 5.92 Å². The minimum Gasteiger partial charge on any atom is -0.463 e. The van der Waals surface area contributed by atoms with E-state index in [0.717, 1.165) is 37.6 Å². The highest BCUT2D eigenvalue weighted by molar-refractivity contribution is 7.17. The van der Waals surface area contributed by atoms with Crippen molar-refractivity contribution < 1.29 is 28.6 Å². The third kappa shape index (κ3) is 10.8. The molecule has 3 N–H and O–H groups in total. The van der Waals surface area contributed by atoms with E-state index >= 15 is 0 Å². The van der Waals surface area contributed by atoms with Gasteiger partial charge in [0, 0.05) is 45.9 Å². The summed E-state index contributed by atoms with van der Waals surface area (Å²) in [7, 11) is 1.55. The number of carbonyl (C=O) groups is 3. The number of thiazole rings is 1. The highest BCUT2D eigenvalue weighted by Crippen LogP contribution is 2.28. The molecule has 1 aliphatic rings.